The first kappa shape index (κ1) is 12.5. The quantitative estimate of drug-likeness (QED) is 0.340. The van der Waals surface area contributed by atoms with Crippen LogP contribution in [0.3, 0.4) is 0 Å². The van der Waals surface area contributed by atoms with Crippen LogP contribution in [0.15, 0.2) is 39.4 Å². The van der Waals surface area contributed by atoms with Crippen molar-refractivity contribution in [2.45, 2.75) is 6.54 Å². The van der Waals surface area contributed by atoms with Gasteiger partial charge in [0.15, 0.2) is 0 Å². The van der Waals surface area contributed by atoms with Gasteiger partial charge in [0.05, 0.1) is 0 Å². The van der Waals surface area contributed by atoms with Gasteiger partial charge in [-0.2, -0.15) is 0 Å². The molecule has 0 unspecified atom stereocenters. The van der Waals surface area contributed by atoms with Crippen molar-refractivity contribution in [3.05, 3.63) is 45.0 Å². The average molecular weight is 336 g/mol. The molecule has 15 heavy (non-hydrogen) atoms. The first-order chi connectivity index (χ1) is 7.22. The number of amidine groups is 1. The Morgan fingerprint density at radius 2 is 2.13 bits per heavy atom. The van der Waals surface area contributed by atoms with Crippen LogP contribution in [-0.4, -0.2) is 10.8 Å². The van der Waals surface area contributed by atoms with E-state index in [0.717, 1.165) is 10.6 Å². The third kappa shape index (κ3) is 5.18. The van der Waals surface area contributed by atoms with Gasteiger partial charge in [-0.15, -0.1) is 0 Å². The molecule has 0 aliphatic rings. The first-order valence-corrected chi connectivity index (χ1v) is 8.19. The second kappa shape index (κ2) is 6.85. The van der Waals surface area contributed by atoms with Crippen molar-refractivity contribution >= 4 is 17.4 Å². The summed E-state index contributed by atoms with van der Waals surface area (Å²) in [6, 6.07) is 7.62. The molecule has 1 aromatic rings. The fourth-order valence-electron chi connectivity index (χ4n) is 0.953. The zero-order valence-electron chi connectivity index (χ0n) is 8.45. The minimum absolute atomic E-state index is 0.144. The van der Waals surface area contributed by atoms with Crippen molar-refractivity contribution in [1.82, 2.24) is 0 Å². The third-order valence-corrected chi connectivity index (χ3v) is 3.05. The van der Waals surface area contributed by atoms with E-state index in [2.05, 4.69) is 14.0 Å². The van der Waals surface area contributed by atoms with Crippen LogP contribution in [0.5, 0.6) is 0 Å². The summed E-state index contributed by atoms with van der Waals surface area (Å²) in [7, 11) is 0. The van der Waals surface area contributed by atoms with Gasteiger partial charge in [-0.1, -0.05) is 0 Å². The normalized spacial score (nSPS) is 12.5. The van der Waals surface area contributed by atoms with Crippen LogP contribution in [0.1, 0.15) is 5.56 Å². The maximum atomic E-state index is 5.77. The zero-order valence-corrected chi connectivity index (χ0v) is 11.4. The van der Waals surface area contributed by atoms with E-state index in [4.69, 9.17) is 17.3 Å². The number of nitrogens with two attached hydrogens (primary N) is 1. The number of hydrogen-bond acceptors (Lipinski definition) is 1. The van der Waals surface area contributed by atoms with E-state index in [-0.39, 0.29) is 21.2 Å². The van der Waals surface area contributed by atoms with Crippen LogP contribution in [-0.2, 0) is 6.54 Å². The van der Waals surface area contributed by atoms with E-state index < -0.39 is 0 Å². The standard InChI is InChI=1S/C11H13ClIN2/c1-13-7-6-11(14)15-8-9-2-4-10(12)5-3-9/h2-7H,8H2,1H3,(H2,14,15)/q-1/b7-6-. The average Bonchev–Trinajstić information content (AvgIpc) is 2.25. The minimum atomic E-state index is 0.144. The zero-order chi connectivity index (χ0) is 11.1. The molecule has 0 aliphatic heterocycles. The van der Waals surface area contributed by atoms with Crippen molar-refractivity contribution in [3.8, 4) is 0 Å². The molecule has 0 radical (unpaired) electrons. The van der Waals surface area contributed by atoms with Gasteiger partial charge in [-0.3, -0.25) is 0 Å². The molecule has 0 atom stereocenters. The number of rotatable bonds is 4. The Balaban J connectivity index is 2.55. The Kier molecular flexibility index (Phi) is 5.71. The van der Waals surface area contributed by atoms with E-state index >= 15 is 0 Å². The Labute approximate surface area is 105 Å². The van der Waals surface area contributed by atoms with Crippen molar-refractivity contribution in [1.29, 1.82) is 0 Å². The Morgan fingerprint density at radius 1 is 1.47 bits per heavy atom. The summed E-state index contributed by atoms with van der Waals surface area (Å²) >= 11 is 5.92. The molecule has 0 spiro atoms. The van der Waals surface area contributed by atoms with E-state index in [1.165, 1.54) is 0 Å². The van der Waals surface area contributed by atoms with E-state index in [1.54, 1.807) is 0 Å². The number of alkyl halides is 1. The first-order valence-electron chi connectivity index (χ1n) is 4.41. The van der Waals surface area contributed by atoms with Crippen LogP contribution in [0.25, 0.3) is 0 Å². The molecule has 4 heteroatoms. The summed E-state index contributed by atoms with van der Waals surface area (Å²) in [5, 5.41) is 0.742. The van der Waals surface area contributed by atoms with E-state index in [1.807, 2.05) is 30.3 Å². The third-order valence-electron chi connectivity index (χ3n) is 1.72. The summed E-state index contributed by atoms with van der Waals surface area (Å²) in [6.45, 7) is 0.607. The number of halogens is 2. The molecule has 2 nitrogen and oxygen atoms in total. The van der Waals surface area contributed by atoms with Gasteiger partial charge in [0.2, 0.25) is 0 Å². The Hall–Kier alpha value is -0.550. The number of benzene rings is 1. The molecule has 0 fully saturated rings. The number of aliphatic imine (C=N–C) groups is 1. The van der Waals surface area contributed by atoms with E-state index in [9.17, 15) is 0 Å². The van der Waals surface area contributed by atoms with E-state index in [0.29, 0.717) is 12.4 Å². The summed E-state index contributed by atoms with van der Waals surface area (Å²) < 4.78 is 2.10. The van der Waals surface area contributed by atoms with Gasteiger partial charge < -0.3 is 0 Å². The van der Waals surface area contributed by atoms with Crippen molar-refractivity contribution in [3.63, 3.8) is 0 Å². The second-order valence-corrected chi connectivity index (χ2v) is 5.28. The van der Waals surface area contributed by atoms with Crippen LogP contribution in [0.4, 0.5) is 0 Å². The second-order valence-electron chi connectivity index (χ2n) is 2.88. The molecular weight excluding hydrogens is 322 g/mol. The van der Waals surface area contributed by atoms with Crippen LogP contribution in [0.2, 0.25) is 5.02 Å². The SMILES string of the molecule is C[I-]/C=C\C(N)=NCc1ccc(Cl)cc1. The number of nitrogens with zero attached hydrogens (tertiary/aromatic N) is 1. The topological polar surface area (TPSA) is 38.4 Å². The molecule has 0 aliphatic carbocycles. The maximum absolute atomic E-state index is 5.77. The van der Waals surface area contributed by atoms with Gasteiger partial charge >= 0.3 is 106 Å². The fraction of sp³-hybridized carbons (Fsp3) is 0.182. The van der Waals surface area contributed by atoms with Crippen LogP contribution < -0.4 is 26.9 Å². The monoisotopic (exact) mass is 335 g/mol. The van der Waals surface area contributed by atoms with Crippen molar-refractivity contribution in [2.75, 3.05) is 4.93 Å². The van der Waals surface area contributed by atoms with Gasteiger partial charge in [-0.25, -0.2) is 0 Å². The molecule has 0 bridgehead atoms. The molecule has 1 rings (SSSR count). The molecule has 0 aromatic heterocycles. The van der Waals surface area contributed by atoms with Crippen LogP contribution >= 0.6 is 11.6 Å². The van der Waals surface area contributed by atoms with Gasteiger partial charge in [-0.05, 0) is 0 Å². The molecule has 0 saturated carbocycles. The Bertz CT molecular complexity index is 357. The van der Waals surface area contributed by atoms with Crippen molar-refractivity contribution in [2.24, 2.45) is 10.7 Å². The predicted octanol–water partition coefficient (Wildman–Crippen LogP) is -0.570. The summed E-state index contributed by atoms with van der Waals surface area (Å²) in [4.78, 5) is 6.41. The fourth-order valence-corrected chi connectivity index (χ4v) is 1.81. The summed E-state index contributed by atoms with van der Waals surface area (Å²) in [5.74, 6) is 0.589. The van der Waals surface area contributed by atoms with Gasteiger partial charge in [0, 0.05) is 0 Å². The summed E-state index contributed by atoms with van der Waals surface area (Å²) in [5.41, 5.74) is 6.81. The molecule has 82 valence electrons. The van der Waals surface area contributed by atoms with Gasteiger partial charge in [0.25, 0.3) is 0 Å². The molecule has 0 amide bonds. The summed E-state index contributed by atoms with van der Waals surface area (Å²) in [6.07, 6.45) is 1.88. The van der Waals surface area contributed by atoms with Crippen LogP contribution in [0, 0.1) is 0 Å². The molecule has 0 saturated heterocycles. The molecule has 1 aromatic carbocycles. The molecule has 0 heterocycles. The van der Waals surface area contributed by atoms with Crippen molar-refractivity contribution < 1.29 is 21.2 Å². The number of hydrogen-bond donors (Lipinski definition) is 1. The predicted molar refractivity (Wildman–Crippen MR) is 61.8 cm³/mol. The molecular formula is C11H13ClIN2-. The van der Waals surface area contributed by atoms with Gasteiger partial charge in [0.1, 0.15) is 0 Å². The molecule has 2 N–H and O–H groups in total. The Morgan fingerprint density at radius 3 is 2.73 bits per heavy atom.